The molecule has 3 aromatic rings. The molecule has 0 amide bonds. The van der Waals surface area contributed by atoms with E-state index in [4.69, 9.17) is 5.73 Å². The van der Waals surface area contributed by atoms with Gasteiger partial charge in [-0.1, -0.05) is 0 Å². The molecule has 0 unspecified atom stereocenters. The third-order valence-electron chi connectivity index (χ3n) is 3.82. The van der Waals surface area contributed by atoms with Crippen LogP contribution in [0, 0.1) is 5.82 Å². The standard InChI is InChI=1S/C16H13BrFN3/c17-12-5-1-9(7-13(12)19)16-20-14-6-2-10(18)8-15(14)21(16)11-3-4-11/h1-2,5-8,11H,3-4,19H2. The van der Waals surface area contributed by atoms with Crippen molar-refractivity contribution in [3.63, 3.8) is 0 Å². The quantitative estimate of drug-likeness (QED) is 0.693. The number of aromatic nitrogens is 2. The highest BCUT2D eigenvalue weighted by Crippen LogP contribution is 2.41. The van der Waals surface area contributed by atoms with Gasteiger partial charge in [0.05, 0.1) is 11.0 Å². The van der Waals surface area contributed by atoms with E-state index in [0.717, 1.165) is 39.7 Å². The maximum absolute atomic E-state index is 13.6. The highest BCUT2D eigenvalue weighted by atomic mass is 79.9. The van der Waals surface area contributed by atoms with E-state index in [0.29, 0.717) is 11.7 Å². The number of nitrogens with zero attached hydrogens (tertiary/aromatic N) is 2. The van der Waals surface area contributed by atoms with E-state index in [-0.39, 0.29) is 5.82 Å². The Kier molecular flexibility index (Phi) is 2.79. The molecular weight excluding hydrogens is 333 g/mol. The van der Waals surface area contributed by atoms with Crippen molar-refractivity contribution in [2.24, 2.45) is 0 Å². The van der Waals surface area contributed by atoms with Gasteiger partial charge in [-0.3, -0.25) is 0 Å². The summed E-state index contributed by atoms with van der Waals surface area (Å²) in [5, 5.41) is 0. The largest absolute Gasteiger partial charge is 0.398 e. The summed E-state index contributed by atoms with van der Waals surface area (Å²) in [7, 11) is 0. The molecule has 0 spiro atoms. The first-order chi connectivity index (χ1) is 10.1. The molecule has 3 nitrogen and oxygen atoms in total. The Hall–Kier alpha value is -1.88. The highest BCUT2D eigenvalue weighted by Gasteiger charge is 2.29. The summed E-state index contributed by atoms with van der Waals surface area (Å²) in [6.07, 6.45) is 2.22. The predicted octanol–water partition coefficient (Wildman–Crippen LogP) is 4.52. The van der Waals surface area contributed by atoms with Crippen molar-refractivity contribution < 1.29 is 4.39 Å². The summed E-state index contributed by atoms with van der Waals surface area (Å²) in [6.45, 7) is 0. The maximum atomic E-state index is 13.6. The van der Waals surface area contributed by atoms with E-state index in [1.165, 1.54) is 6.07 Å². The molecular formula is C16H13BrFN3. The van der Waals surface area contributed by atoms with Gasteiger partial charge in [-0.05, 0) is 65.2 Å². The molecule has 1 aromatic heterocycles. The van der Waals surface area contributed by atoms with Crippen LogP contribution < -0.4 is 5.73 Å². The van der Waals surface area contributed by atoms with Crippen molar-refractivity contribution in [2.75, 3.05) is 5.73 Å². The van der Waals surface area contributed by atoms with Crippen molar-refractivity contribution >= 4 is 32.7 Å². The molecule has 2 N–H and O–H groups in total. The van der Waals surface area contributed by atoms with Crippen molar-refractivity contribution in [2.45, 2.75) is 18.9 Å². The second-order valence-corrected chi connectivity index (χ2v) is 6.26. The van der Waals surface area contributed by atoms with Gasteiger partial charge in [0.2, 0.25) is 0 Å². The second kappa shape index (κ2) is 4.56. The van der Waals surface area contributed by atoms with Crippen LogP contribution in [0.2, 0.25) is 0 Å². The van der Waals surface area contributed by atoms with Crippen LogP contribution in [-0.4, -0.2) is 9.55 Å². The Labute approximate surface area is 129 Å². The van der Waals surface area contributed by atoms with Crippen LogP contribution in [0.1, 0.15) is 18.9 Å². The van der Waals surface area contributed by atoms with Crippen LogP contribution in [0.15, 0.2) is 40.9 Å². The zero-order valence-electron chi connectivity index (χ0n) is 11.2. The lowest BCUT2D eigenvalue weighted by atomic mass is 10.2. The molecule has 1 fully saturated rings. The minimum Gasteiger partial charge on any atom is -0.398 e. The molecule has 2 aromatic carbocycles. The first-order valence-electron chi connectivity index (χ1n) is 6.86. The number of hydrogen-bond acceptors (Lipinski definition) is 2. The maximum Gasteiger partial charge on any atom is 0.141 e. The molecule has 0 atom stereocenters. The van der Waals surface area contributed by atoms with Crippen molar-refractivity contribution in [3.05, 3.63) is 46.7 Å². The molecule has 0 bridgehead atoms. The summed E-state index contributed by atoms with van der Waals surface area (Å²) in [4.78, 5) is 4.68. The van der Waals surface area contributed by atoms with Crippen LogP contribution in [0.25, 0.3) is 22.4 Å². The molecule has 1 aliphatic carbocycles. The minimum absolute atomic E-state index is 0.230. The molecule has 1 heterocycles. The van der Waals surface area contributed by atoms with Gasteiger partial charge in [0, 0.05) is 21.8 Å². The van der Waals surface area contributed by atoms with Crippen LogP contribution in [-0.2, 0) is 0 Å². The number of imidazole rings is 1. The van der Waals surface area contributed by atoms with Crippen LogP contribution in [0.3, 0.4) is 0 Å². The summed E-state index contributed by atoms with van der Waals surface area (Å²) in [5.74, 6) is 0.628. The third-order valence-corrected chi connectivity index (χ3v) is 4.54. The average molecular weight is 346 g/mol. The van der Waals surface area contributed by atoms with E-state index in [1.807, 2.05) is 18.2 Å². The van der Waals surface area contributed by atoms with Gasteiger partial charge in [0.25, 0.3) is 0 Å². The van der Waals surface area contributed by atoms with E-state index in [9.17, 15) is 4.39 Å². The lowest BCUT2D eigenvalue weighted by Crippen LogP contribution is -1.98. The van der Waals surface area contributed by atoms with Gasteiger partial charge < -0.3 is 10.3 Å². The first-order valence-corrected chi connectivity index (χ1v) is 7.65. The monoisotopic (exact) mass is 345 g/mol. The topological polar surface area (TPSA) is 43.8 Å². The number of rotatable bonds is 2. The molecule has 1 saturated carbocycles. The number of fused-ring (bicyclic) bond motifs is 1. The molecule has 0 radical (unpaired) electrons. The van der Waals surface area contributed by atoms with Crippen molar-refractivity contribution in [1.82, 2.24) is 9.55 Å². The normalized spacial score (nSPS) is 14.8. The van der Waals surface area contributed by atoms with Gasteiger partial charge in [0.15, 0.2) is 0 Å². The number of halogens is 2. The lowest BCUT2D eigenvalue weighted by molar-refractivity contribution is 0.628. The van der Waals surface area contributed by atoms with E-state index in [2.05, 4.69) is 25.5 Å². The first kappa shape index (κ1) is 12.8. The molecule has 106 valence electrons. The van der Waals surface area contributed by atoms with E-state index < -0.39 is 0 Å². The number of nitrogens with two attached hydrogens (primary N) is 1. The Bertz CT molecular complexity index is 852. The fraction of sp³-hybridized carbons (Fsp3) is 0.188. The highest BCUT2D eigenvalue weighted by molar-refractivity contribution is 9.10. The van der Waals surface area contributed by atoms with Crippen LogP contribution in [0.4, 0.5) is 10.1 Å². The minimum atomic E-state index is -0.230. The zero-order valence-corrected chi connectivity index (χ0v) is 12.8. The summed E-state index contributed by atoms with van der Waals surface area (Å²) in [6, 6.07) is 11.0. The molecule has 0 saturated heterocycles. The Morgan fingerprint density at radius 3 is 2.71 bits per heavy atom. The summed E-state index contributed by atoms with van der Waals surface area (Å²) < 4.78 is 16.6. The van der Waals surface area contributed by atoms with Gasteiger partial charge in [-0.2, -0.15) is 0 Å². The molecule has 1 aliphatic rings. The second-order valence-electron chi connectivity index (χ2n) is 5.41. The predicted molar refractivity (Wildman–Crippen MR) is 85.5 cm³/mol. The van der Waals surface area contributed by atoms with E-state index >= 15 is 0 Å². The Balaban J connectivity index is 1.99. The zero-order chi connectivity index (χ0) is 14.6. The van der Waals surface area contributed by atoms with Crippen LogP contribution >= 0.6 is 15.9 Å². The Morgan fingerprint density at radius 2 is 2.00 bits per heavy atom. The molecule has 5 heteroatoms. The van der Waals surface area contributed by atoms with Gasteiger partial charge in [-0.15, -0.1) is 0 Å². The number of benzene rings is 2. The van der Waals surface area contributed by atoms with Gasteiger partial charge in [0.1, 0.15) is 11.6 Å². The Morgan fingerprint density at radius 1 is 1.19 bits per heavy atom. The SMILES string of the molecule is Nc1cc(-c2nc3ccc(F)cc3n2C2CC2)ccc1Br. The number of hydrogen-bond donors (Lipinski definition) is 1. The van der Waals surface area contributed by atoms with Crippen LogP contribution in [0.5, 0.6) is 0 Å². The third kappa shape index (κ3) is 2.12. The molecule has 0 aliphatic heterocycles. The van der Waals surface area contributed by atoms with Crippen molar-refractivity contribution in [3.8, 4) is 11.4 Å². The molecule has 21 heavy (non-hydrogen) atoms. The fourth-order valence-electron chi connectivity index (χ4n) is 2.65. The van der Waals surface area contributed by atoms with Crippen molar-refractivity contribution in [1.29, 1.82) is 0 Å². The average Bonchev–Trinajstić information content (AvgIpc) is 3.23. The smallest absolute Gasteiger partial charge is 0.141 e. The van der Waals surface area contributed by atoms with E-state index in [1.54, 1.807) is 12.1 Å². The molecule has 4 rings (SSSR count). The van der Waals surface area contributed by atoms with Gasteiger partial charge >= 0.3 is 0 Å². The summed E-state index contributed by atoms with van der Waals surface area (Å²) in [5.41, 5.74) is 9.28. The summed E-state index contributed by atoms with van der Waals surface area (Å²) >= 11 is 3.40. The van der Waals surface area contributed by atoms with Gasteiger partial charge in [-0.25, -0.2) is 9.37 Å². The lowest BCUT2D eigenvalue weighted by Gasteiger charge is -2.09. The number of nitrogen functional groups attached to an aromatic ring is 1. The number of anilines is 1. The fourth-order valence-corrected chi connectivity index (χ4v) is 2.90.